The molecule has 1 saturated carbocycles. The van der Waals surface area contributed by atoms with Crippen LogP contribution in [-0.2, 0) is 9.53 Å². The normalized spacial score (nSPS) is 20.6. The summed E-state index contributed by atoms with van der Waals surface area (Å²) in [6.45, 7) is 1.48. The summed E-state index contributed by atoms with van der Waals surface area (Å²) in [6, 6.07) is 0. The lowest BCUT2D eigenvalue weighted by molar-refractivity contribution is -0.293. The van der Waals surface area contributed by atoms with Crippen LogP contribution < -0.4 is 0 Å². The van der Waals surface area contributed by atoms with Gasteiger partial charge < -0.3 is 4.74 Å². The second-order valence-corrected chi connectivity index (χ2v) is 3.17. The van der Waals surface area contributed by atoms with Crippen LogP contribution in [0.3, 0.4) is 0 Å². The van der Waals surface area contributed by atoms with Crippen molar-refractivity contribution in [1.29, 1.82) is 0 Å². The van der Waals surface area contributed by atoms with Gasteiger partial charge in [0.25, 0.3) is 0 Å². The van der Waals surface area contributed by atoms with Gasteiger partial charge in [0, 0.05) is 6.42 Å². The quantitative estimate of drug-likeness (QED) is 0.634. The molecule has 13 heavy (non-hydrogen) atoms. The number of halogens is 3. The van der Waals surface area contributed by atoms with Crippen molar-refractivity contribution in [2.75, 3.05) is 0 Å². The van der Waals surface area contributed by atoms with Crippen LogP contribution in [0.5, 0.6) is 0 Å². The standard InChI is InChI=1S/C8H11F3O2/c1-2-6(12)13-7(4-3-5-7)8(9,10)11/h2-5H2,1H3. The molecule has 1 aliphatic carbocycles. The van der Waals surface area contributed by atoms with Crippen molar-refractivity contribution in [3.05, 3.63) is 0 Å². The van der Waals surface area contributed by atoms with Gasteiger partial charge in [0.05, 0.1) is 0 Å². The maximum Gasteiger partial charge on any atom is 0.428 e. The van der Waals surface area contributed by atoms with E-state index < -0.39 is 17.7 Å². The Kier molecular flexibility index (Phi) is 2.54. The van der Waals surface area contributed by atoms with Gasteiger partial charge in [-0.15, -0.1) is 0 Å². The maximum atomic E-state index is 12.4. The van der Waals surface area contributed by atoms with Gasteiger partial charge >= 0.3 is 12.1 Å². The number of hydrogen-bond donors (Lipinski definition) is 0. The molecule has 0 atom stereocenters. The van der Waals surface area contributed by atoms with E-state index in [4.69, 9.17) is 0 Å². The largest absolute Gasteiger partial charge is 0.449 e. The SMILES string of the molecule is CCC(=O)OC1(C(F)(F)F)CCC1. The molecule has 76 valence electrons. The molecule has 2 nitrogen and oxygen atoms in total. The van der Waals surface area contributed by atoms with E-state index >= 15 is 0 Å². The summed E-state index contributed by atoms with van der Waals surface area (Å²) >= 11 is 0. The van der Waals surface area contributed by atoms with Gasteiger partial charge in [0.2, 0.25) is 5.60 Å². The third kappa shape index (κ3) is 1.78. The van der Waals surface area contributed by atoms with Crippen molar-refractivity contribution in [3.8, 4) is 0 Å². The van der Waals surface area contributed by atoms with E-state index in [2.05, 4.69) is 4.74 Å². The lowest BCUT2D eigenvalue weighted by Gasteiger charge is -2.41. The molecule has 0 aromatic rings. The fraction of sp³-hybridized carbons (Fsp3) is 0.875. The molecule has 1 rings (SSSR count). The lowest BCUT2D eigenvalue weighted by atomic mass is 9.79. The molecule has 5 heteroatoms. The van der Waals surface area contributed by atoms with E-state index in [1.807, 2.05) is 0 Å². The van der Waals surface area contributed by atoms with Crippen molar-refractivity contribution >= 4 is 5.97 Å². The summed E-state index contributed by atoms with van der Waals surface area (Å²) in [5, 5.41) is 0. The molecule has 0 unspecified atom stereocenters. The van der Waals surface area contributed by atoms with Crippen LogP contribution >= 0.6 is 0 Å². The van der Waals surface area contributed by atoms with Crippen molar-refractivity contribution in [2.45, 2.75) is 44.4 Å². The third-order valence-electron chi connectivity index (χ3n) is 2.28. The molecule has 0 N–H and O–H groups in total. The van der Waals surface area contributed by atoms with Crippen LogP contribution in [0.2, 0.25) is 0 Å². The molecule has 0 amide bonds. The summed E-state index contributed by atoms with van der Waals surface area (Å²) in [6.07, 6.45) is -4.16. The fourth-order valence-electron chi connectivity index (χ4n) is 1.23. The van der Waals surface area contributed by atoms with Crippen LogP contribution in [0, 0.1) is 0 Å². The Morgan fingerprint density at radius 2 is 2.00 bits per heavy atom. The molecule has 0 saturated heterocycles. The number of carbonyl (C=O) groups is 1. The van der Waals surface area contributed by atoms with Crippen molar-refractivity contribution in [3.63, 3.8) is 0 Å². The van der Waals surface area contributed by atoms with E-state index in [1.165, 1.54) is 6.92 Å². The predicted molar refractivity (Wildman–Crippen MR) is 39.0 cm³/mol. The van der Waals surface area contributed by atoms with Crippen LogP contribution in [-0.4, -0.2) is 17.7 Å². The number of hydrogen-bond acceptors (Lipinski definition) is 2. The molecule has 0 aliphatic heterocycles. The Labute approximate surface area is 74.1 Å². The predicted octanol–water partition coefficient (Wildman–Crippen LogP) is 2.42. The summed E-state index contributed by atoms with van der Waals surface area (Å²) < 4.78 is 41.5. The number of ether oxygens (including phenoxy) is 1. The molecule has 0 bridgehead atoms. The Bertz CT molecular complexity index is 206. The van der Waals surface area contributed by atoms with Gasteiger partial charge in [0.1, 0.15) is 0 Å². The van der Waals surface area contributed by atoms with Crippen LogP contribution in [0.15, 0.2) is 0 Å². The third-order valence-corrected chi connectivity index (χ3v) is 2.28. The first-order valence-electron chi connectivity index (χ1n) is 4.20. The molecule has 0 radical (unpaired) electrons. The highest BCUT2D eigenvalue weighted by molar-refractivity contribution is 5.69. The van der Waals surface area contributed by atoms with Gasteiger partial charge in [-0.25, -0.2) is 0 Å². The number of esters is 1. The number of carbonyl (C=O) groups excluding carboxylic acids is 1. The Hall–Kier alpha value is -0.740. The Morgan fingerprint density at radius 1 is 1.46 bits per heavy atom. The van der Waals surface area contributed by atoms with E-state index in [0.717, 1.165) is 0 Å². The minimum Gasteiger partial charge on any atom is -0.449 e. The van der Waals surface area contributed by atoms with Gasteiger partial charge in [-0.05, 0) is 19.3 Å². The Morgan fingerprint density at radius 3 is 2.23 bits per heavy atom. The zero-order valence-corrected chi connectivity index (χ0v) is 7.28. The molecular weight excluding hydrogens is 185 g/mol. The molecule has 0 aromatic heterocycles. The molecule has 0 aromatic carbocycles. The van der Waals surface area contributed by atoms with Crippen LogP contribution in [0.25, 0.3) is 0 Å². The first-order valence-corrected chi connectivity index (χ1v) is 4.20. The Balaban J connectivity index is 2.66. The average Bonchev–Trinajstić information content (AvgIpc) is 1.93. The summed E-state index contributed by atoms with van der Waals surface area (Å²) in [4.78, 5) is 10.7. The summed E-state index contributed by atoms with van der Waals surface area (Å²) in [5.41, 5.74) is -2.17. The van der Waals surface area contributed by atoms with E-state index in [1.54, 1.807) is 0 Å². The van der Waals surface area contributed by atoms with Crippen LogP contribution in [0.1, 0.15) is 32.6 Å². The number of rotatable bonds is 2. The molecule has 0 spiro atoms. The van der Waals surface area contributed by atoms with Gasteiger partial charge in [-0.2, -0.15) is 13.2 Å². The lowest BCUT2D eigenvalue weighted by Crippen LogP contribution is -2.54. The maximum absolute atomic E-state index is 12.4. The van der Waals surface area contributed by atoms with Gasteiger partial charge in [-0.1, -0.05) is 6.92 Å². The summed E-state index contributed by atoms with van der Waals surface area (Å²) in [5.74, 6) is -0.781. The molecule has 1 fully saturated rings. The highest BCUT2D eigenvalue weighted by Crippen LogP contribution is 2.48. The topological polar surface area (TPSA) is 26.3 Å². The zero-order chi connectivity index (χ0) is 10.1. The molecule has 1 aliphatic rings. The summed E-state index contributed by atoms with van der Waals surface area (Å²) in [7, 11) is 0. The van der Waals surface area contributed by atoms with Crippen LogP contribution in [0.4, 0.5) is 13.2 Å². The van der Waals surface area contributed by atoms with E-state index in [0.29, 0.717) is 6.42 Å². The molecular formula is C8H11F3O2. The highest BCUT2D eigenvalue weighted by Gasteiger charge is 2.61. The first-order chi connectivity index (χ1) is 5.91. The van der Waals surface area contributed by atoms with Crippen molar-refractivity contribution in [2.24, 2.45) is 0 Å². The van der Waals surface area contributed by atoms with Crippen molar-refractivity contribution in [1.82, 2.24) is 0 Å². The minimum atomic E-state index is -4.42. The van der Waals surface area contributed by atoms with E-state index in [9.17, 15) is 18.0 Å². The fourth-order valence-corrected chi connectivity index (χ4v) is 1.23. The second-order valence-electron chi connectivity index (χ2n) is 3.17. The smallest absolute Gasteiger partial charge is 0.428 e. The zero-order valence-electron chi connectivity index (χ0n) is 7.28. The highest BCUT2D eigenvalue weighted by atomic mass is 19.4. The van der Waals surface area contributed by atoms with Crippen molar-refractivity contribution < 1.29 is 22.7 Å². The van der Waals surface area contributed by atoms with Gasteiger partial charge in [-0.3, -0.25) is 4.79 Å². The van der Waals surface area contributed by atoms with E-state index in [-0.39, 0.29) is 19.3 Å². The average molecular weight is 196 g/mol. The monoisotopic (exact) mass is 196 g/mol. The molecule has 0 heterocycles. The number of alkyl halides is 3. The first kappa shape index (κ1) is 10.3. The van der Waals surface area contributed by atoms with Gasteiger partial charge in [0.15, 0.2) is 0 Å². The second kappa shape index (κ2) is 3.20. The minimum absolute atomic E-state index is 0.0160.